The van der Waals surface area contributed by atoms with E-state index in [0.717, 1.165) is 0 Å². The zero-order valence-corrected chi connectivity index (χ0v) is 6.42. The summed E-state index contributed by atoms with van der Waals surface area (Å²) in [4.78, 5) is 4.04. The first-order chi connectivity index (χ1) is 3.33. The zero-order chi connectivity index (χ0) is 6.12. The van der Waals surface area contributed by atoms with Crippen LogP contribution in [0.25, 0.3) is 0 Å². The van der Waals surface area contributed by atoms with Crippen LogP contribution in [0.2, 0.25) is 0 Å². The second-order valence-corrected chi connectivity index (χ2v) is 0.955. The first-order valence-corrected chi connectivity index (χ1v) is 2.23. The van der Waals surface area contributed by atoms with Crippen molar-refractivity contribution in [2.75, 3.05) is 20.7 Å². The zero-order valence-electron chi connectivity index (χ0n) is 5.60. The Morgan fingerprint density at radius 3 is 1.62 bits per heavy atom. The normalized spacial score (nSPS) is 6.00. The molecule has 0 aliphatic heterocycles. The molecule has 0 fully saturated rings. The van der Waals surface area contributed by atoms with Crippen LogP contribution >= 0.6 is 12.4 Å². The van der Waals surface area contributed by atoms with Crippen LogP contribution in [0.15, 0.2) is 0 Å². The molecule has 54 valence electrons. The lowest BCUT2D eigenvalue weighted by Gasteiger charge is -1.76. The Morgan fingerprint density at radius 1 is 1.50 bits per heavy atom. The summed E-state index contributed by atoms with van der Waals surface area (Å²) in [5, 5.41) is 2.75. The summed E-state index contributed by atoms with van der Waals surface area (Å²) in [7, 11) is 3.75. The Labute approximate surface area is 57.0 Å². The van der Waals surface area contributed by atoms with Gasteiger partial charge in [-0.2, -0.15) is 0 Å². The fraction of sp³-hybridized carbons (Fsp3) is 1.00. The number of nitrogens with one attached hydrogen (secondary N) is 1. The molecule has 0 aromatic heterocycles. The van der Waals surface area contributed by atoms with Crippen molar-refractivity contribution in [2.45, 2.75) is 6.92 Å². The van der Waals surface area contributed by atoms with E-state index in [1.54, 1.807) is 0 Å². The maximum absolute atomic E-state index is 4.53. The van der Waals surface area contributed by atoms with Gasteiger partial charge in [-0.15, -0.1) is 12.4 Å². The second kappa shape index (κ2) is 27.2. The number of halogens is 1. The van der Waals surface area contributed by atoms with Gasteiger partial charge in [0.25, 0.3) is 0 Å². The molecule has 4 heteroatoms. The van der Waals surface area contributed by atoms with Crippen molar-refractivity contribution < 1.29 is 4.84 Å². The van der Waals surface area contributed by atoms with E-state index in [1.165, 1.54) is 0 Å². The van der Waals surface area contributed by atoms with Gasteiger partial charge < -0.3 is 10.2 Å². The van der Waals surface area contributed by atoms with E-state index in [2.05, 4.69) is 16.1 Å². The maximum atomic E-state index is 4.53. The molecular formula is C4H15ClN2O. The Kier molecular flexibility index (Phi) is 53.4. The molecule has 0 atom stereocenters. The van der Waals surface area contributed by atoms with Gasteiger partial charge in [0.05, 0.1) is 6.61 Å². The predicted octanol–water partition coefficient (Wildman–Crippen LogP) is 0.154. The summed E-state index contributed by atoms with van der Waals surface area (Å²) < 4.78 is 0. The molecule has 0 radical (unpaired) electrons. The van der Waals surface area contributed by atoms with E-state index < -0.39 is 0 Å². The van der Waals surface area contributed by atoms with E-state index in [-0.39, 0.29) is 12.4 Å². The molecule has 0 rings (SSSR count). The summed E-state index contributed by atoms with van der Waals surface area (Å²) in [6.07, 6.45) is 0. The Balaban J connectivity index is -0.0000000575. The van der Waals surface area contributed by atoms with Gasteiger partial charge in [-0.25, -0.2) is 5.90 Å². The van der Waals surface area contributed by atoms with Crippen LogP contribution in [0.5, 0.6) is 0 Å². The first-order valence-electron chi connectivity index (χ1n) is 2.23. The summed E-state index contributed by atoms with van der Waals surface area (Å²) in [6.45, 7) is 2.43. The number of nitrogens with two attached hydrogens (primary N) is 1. The molecule has 0 unspecified atom stereocenters. The fourth-order valence-electron chi connectivity index (χ4n) is 0. The molecule has 8 heavy (non-hydrogen) atoms. The Morgan fingerprint density at radius 2 is 1.62 bits per heavy atom. The molecule has 0 aliphatic carbocycles. The quantitative estimate of drug-likeness (QED) is 0.513. The van der Waals surface area contributed by atoms with Crippen LogP contribution in [0, 0.1) is 0 Å². The smallest absolute Gasteiger partial charge is 0.0651 e. The van der Waals surface area contributed by atoms with Gasteiger partial charge in [0.15, 0.2) is 0 Å². The molecular weight excluding hydrogens is 128 g/mol. The minimum atomic E-state index is 0. The monoisotopic (exact) mass is 142 g/mol. The van der Waals surface area contributed by atoms with Gasteiger partial charge in [-0.05, 0) is 21.0 Å². The van der Waals surface area contributed by atoms with Crippen LogP contribution in [0.3, 0.4) is 0 Å². The molecule has 0 saturated carbocycles. The van der Waals surface area contributed by atoms with Gasteiger partial charge in [0.1, 0.15) is 0 Å². The van der Waals surface area contributed by atoms with Gasteiger partial charge in [-0.1, -0.05) is 0 Å². The molecule has 3 nitrogen and oxygen atoms in total. The summed E-state index contributed by atoms with van der Waals surface area (Å²) in [5.41, 5.74) is 0. The number of hydrogen-bond donors (Lipinski definition) is 2. The first kappa shape index (κ1) is 15.7. The molecule has 3 N–H and O–H groups in total. The van der Waals surface area contributed by atoms with Crippen molar-refractivity contribution >= 4 is 12.4 Å². The van der Waals surface area contributed by atoms with Crippen molar-refractivity contribution in [1.29, 1.82) is 0 Å². The van der Waals surface area contributed by atoms with Crippen LogP contribution in [0.1, 0.15) is 6.92 Å². The second-order valence-electron chi connectivity index (χ2n) is 0.955. The average Bonchev–Trinajstić information content (AvgIpc) is 1.69. The van der Waals surface area contributed by atoms with E-state index in [1.807, 2.05) is 21.0 Å². The number of rotatable bonds is 1. The van der Waals surface area contributed by atoms with Gasteiger partial charge in [0.2, 0.25) is 0 Å². The number of hydrogen-bond acceptors (Lipinski definition) is 3. The summed E-state index contributed by atoms with van der Waals surface area (Å²) >= 11 is 0. The fourth-order valence-corrected chi connectivity index (χ4v) is 0. The molecule has 0 heterocycles. The highest BCUT2D eigenvalue weighted by Gasteiger charge is 1.52. The van der Waals surface area contributed by atoms with Crippen molar-refractivity contribution in [3.8, 4) is 0 Å². The van der Waals surface area contributed by atoms with Crippen LogP contribution in [0.4, 0.5) is 0 Å². The van der Waals surface area contributed by atoms with Gasteiger partial charge in [-0.3, -0.25) is 0 Å². The Hall–Kier alpha value is 0.170. The van der Waals surface area contributed by atoms with E-state index in [9.17, 15) is 0 Å². The summed E-state index contributed by atoms with van der Waals surface area (Å²) in [5.74, 6) is 4.53. The van der Waals surface area contributed by atoms with Gasteiger partial charge >= 0.3 is 0 Å². The molecule has 0 aliphatic rings. The topological polar surface area (TPSA) is 47.3 Å². The molecule has 0 bridgehead atoms. The van der Waals surface area contributed by atoms with Crippen LogP contribution in [-0.2, 0) is 4.84 Å². The van der Waals surface area contributed by atoms with E-state index >= 15 is 0 Å². The van der Waals surface area contributed by atoms with Crippen LogP contribution < -0.4 is 11.2 Å². The van der Waals surface area contributed by atoms with Gasteiger partial charge in [0, 0.05) is 0 Å². The third-order valence-electron chi connectivity index (χ3n) is 0.167. The lowest BCUT2D eigenvalue weighted by molar-refractivity contribution is 0.152. The molecule has 0 spiro atoms. The lowest BCUT2D eigenvalue weighted by Crippen LogP contribution is -1.94. The van der Waals surface area contributed by atoms with E-state index in [0.29, 0.717) is 6.61 Å². The van der Waals surface area contributed by atoms with E-state index in [4.69, 9.17) is 0 Å². The third kappa shape index (κ3) is 120. The maximum Gasteiger partial charge on any atom is 0.0651 e. The minimum Gasteiger partial charge on any atom is -0.323 e. The minimum absolute atomic E-state index is 0. The van der Waals surface area contributed by atoms with Crippen molar-refractivity contribution in [3.05, 3.63) is 0 Å². The standard InChI is InChI=1S/C2H7NO.C2H7N.ClH/c1-2-4-3;1-3-2;/h2-3H2,1H3;3H,1-2H3;1H. The molecule has 0 amide bonds. The third-order valence-corrected chi connectivity index (χ3v) is 0.167. The molecule has 0 aromatic carbocycles. The highest BCUT2D eigenvalue weighted by atomic mass is 35.5. The molecule has 0 aromatic rings. The predicted molar refractivity (Wildman–Crippen MR) is 38.0 cm³/mol. The van der Waals surface area contributed by atoms with Crippen LogP contribution in [-0.4, -0.2) is 20.7 Å². The largest absolute Gasteiger partial charge is 0.323 e. The highest BCUT2D eigenvalue weighted by molar-refractivity contribution is 5.85. The summed E-state index contributed by atoms with van der Waals surface area (Å²) in [6, 6.07) is 0. The Bertz CT molecular complexity index is 21.5. The van der Waals surface area contributed by atoms with Crippen molar-refractivity contribution in [3.63, 3.8) is 0 Å². The lowest BCUT2D eigenvalue weighted by atomic mass is 10.9. The van der Waals surface area contributed by atoms with Crippen molar-refractivity contribution in [2.24, 2.45) is 5.90 Å². The SMILES string of the molecule is CCON.CNC.Cl. The molecule has 0 saturated heterocycles. The average molecular weight is 143 g/mol. The highest BCUT2D eigenvalue weighted by Crippen LogP contribution is 1.46. The van der Waals surface area contributed by atoms with Crippen molar-refractivity contribution in [1.82, 2.24) is 5.32 Å².